The van der Waals surface area contributed by atoms with Gasteiger partial charge in [0.05, 0.1) is 23.5 Å². The number of sulfonamides is 1. The van der Waals surface area contributed by atoms with Gasteiger partial charge in [-0.1, -0.05) is 29.8 Å². The van der Waals surface area contributed by atoms with Crippen LogP contribution in [-0.2, 0) is 19.6 Å². The summed E-state index contributed by atoms with van der Waals surface area (Å²) in [5, 5.41) is 0. The molecule has 0 aromatic heterocycles. The number of carbonyl (C=O) groups is 1. The van der Waals surface area contributed by atoms with E-state index in [9.17, 15) is 13.2 Å². The van der Waals surface area contributed by atoms with Crippen molar-refractivity contribution in [1.29, 1.82) is 0 Å². The van der Waals surface area contributed by atoms with Crippen LogP contribution in [0, 0.1) is 12.3 Å². The summed E-state index contributed by atoms with van der Waals surface area (Å²) in [6.07, 6.45) is 0. The fourth-order valence-corrected chi connectivity index (χ4v) is 3.59. The Labute approximate surface area is 166 Å². The third-order valence-electron chi connectivity index (χ3n) is 4.14. The fourth-order valence-electron chi connectivity index (χ4n) is 2.38. The maximum Gasteiger partial charge on any atom is 0.311 e. The highest BCUT2D eigenvalue weighted by Crippen LogP contribution is 2.23. The van der Waals surface area contributed by atoms with Gasteiger partial charge in [-0.2, -0.15) is 0 Å². The summed E-state index contributed by atoms with van der Waals surface area (Å²) < 4.78 is 38.8. The van der Waals surface area contributed by atoms with Crippen molar-refractivity contribution in [3.63, 3.8) is 0 Å². The van der Waals surface area contributed by atoms with Gasteiger partial charge in [0.25, 0.3) is 0 Å². The Morgan fingerprint density at radius 1 is 1.04 bits per heavy atom. The Morgan fingerprint density at radius 2 is 1.61 bits per heavy atom. The second-order valence-corrected chi connectivity index (χ2v) is 9.32. The normalized spacial score (nSPS) is 13.0. The quantitative estimate of drug-likeness (QED) is 0.712. The largest absolute Gasteiger partial charge is 0.497 e. The van der Waals surface area contributed by atoms with Crippen molar-refractivity contribution >= 4 is 16.0 Å². The van der Waals surface area contributed by atoms with Crippen LogP contribution in [-0.4, -0.2) is 28.1 Å². The molecule has 0 aliphatic rings. The zero-order valence-electron chi connectivity index (χ0n) is 16.9. The first kappa shape index (κ1) is 21.9. The number of nitrogens with one attached hydrogen (secondary N) is 1. The molecular weight excluding hydrogens is 378 g/mol. The molecule has 2 aromatic rings. The molecule has 0 saturated carbocycles. The van der Waals surface area contributed by atoms with E-state index < -0.39 is 27.4 Å². The summed E-state index contributed by atoms with van der Waals surface area (Å²) in [5.41, 5.74) is 0.947. The maximum absolute atomic E-state index is 12.8. The molecule has 2 rings (SSSR count). The van der Waals surface area contributed by atoms with E-state index in [1.165, 1.54) is 0 Å². The van der Waals surface area contributed by atoms with Crippen LogP contribution in [0.1, 0.15) is 37.9 Å². The number of aryl methyl sites for hydroxylation is 1. The van der Waals surface area contributed by atoms with Gasteiger partial charge in [0.1, 0.15) is 12.4 Å². The fraction of sp³-hybridized carbons (Fsp3) is 0.381. The van der Waals surface area contributed by atoms with Crippen LogP contribution in [0.5, 0.6) is 5.75 Å². The van der Waals surface area contributed by atoms with Gasteiger partial charge < -0.3 is 9.47 Å². The van der Waals surface area contributed by atoms with Crippen molar-refractivity contribution in [1.82, 2.24) is 4.72 Å². The van der Waals surface area contributed by atoms with Crippen LogP contribution in [0.4, 0.5) is 0 Å². The minimum atomic E-state index is -3.80. The molecular formula is C21H27NO5S. The van der Waals surface area contributed by atoms with Gasteiger partial charge in [0.2, 0.25) is 10.0 Å². The summed E-state index contributed by atoms with van der Waals surface area (Å²) >= 11 is 0. The average molecular weight is 406 g/mol. The Hall–Kier alpha value is -2.38. The Bertz CT molecular complexity index is 897. The van der Waals surface area contributed by atoms with Crippen molar-refractivity contribution < 1.29 is 22.7 Å². The molecule has 6 nitrogen and oxygen atoms in total. The molecule has 152 valence electrons. The van der Waals surface area contributed by atoms with Gasteiger partial charge in [-0.15, -0.1) is 0 Å². The summed E-state index contributed by atoms with van der Waals surface area (Å²) in [4.78, 5) is 12.3. The van der Waals surface area contributed by atoms with Gasteiger partial charge in [0.15, 0.2) is 0 Å². The zero-order chi connectivity index (χ0) is 20.9. The molecule has 0 amide bonds. The first-order valence-electron chi connectivity index (χ1n) is 8.93. The van der Waals surface area contributed by atoms with Crippen LogP contribution in [0.2, 0.25) is 0 Å². The number of ether oxygens (including phenoxy) is 2. The van der Waals surface area contributed by atoms with Crippen molar-refractivity contribution in [3.8, 4) is 5.75 Å². The van der Waals surface area contributed by atoms with Crippen LogP contribution < -0.4 is 9.46 Å². The average Bonchev–Trinajstić information content (AvgIpc) is 2.64. The lowest BCUT2D eigenvalue weighted by atomic mass is 9.97. The topological polar surface area (TPSA) is 81.7 Å². The number of hydrogen-bond acceptors (Lipinski definition) is 5. The van der Waals surface area contributed by atoms with E-state index in [0.717, 1.165) is 5.56 Å². The third-order valence-corrected chi connectivity index (χ3v) is 5.63. The molecule has 1 N–H and O–H groups in total. The van der Waals surface area contributed by atoms with Crippen molar-refractivity contribution in [2.45, 2.75) is 38.6 Å². The van der Waals surface area contributed by atoms with Crippen LogP contribution in [0.3, 0.4) is 0 Å². The van der Waals surface area contributed by atoms with Gasteiger partial charge in [-0.05, 0) is 57.5 Å². The number of carbonyl (C=O) groups excluding carboxylic acids is 1. The number of esters is 1. The minimum Gasteiger partial charge on any atom is -0.497 e. The third kappa shape index (κ3) is 5.81. The lowest BCUT2D eigenvalue weighted by Gasteiger charge is -2.22. The molecule has 1 unspecified atom stereocenters. The van der Waals surface area contributed by atoms with Crippen molar-refractivity contribution in [2.75, 3.05) is 13.7 Å². The second-order valence-electron chi connectivity index (χ2n) is 7.61. The highest BCUT2D eigenvalue weighted by Gasteiger charge is 2.27. The minimum absolute atomic E-state index is 0.118. The molecule has 0 heterocycles. The van der Waals surface area contributed by atoms with E-state index in [-0.39, 0.29) is 11.5 Å². The van der Waals surface area contributed by atoms with E-state index in [1.54, 1.807) is 76.4 Å². The molecule has 28 heavy (non-hydrogen) atoms. The number of methoxy groups -OCH3 is 1. The molecule has 0 bridgehead atoms. The molecule has 1 atom stereocenters. The highest BCUT2D eigenvalue weighted by molar-refractivity contribution is 7.89. The van der Waals surface area contributed by atoms with Crippen LogP contribution >= 0.6 is 0 Å². The standard InChI is InChI=1S/C21H27NO5S/c1-15-6-12-18(13-7-15)28(24,25)22-19(14-27-20(23)21(2,3)4)16-8-10-17(26-5)11-9-16/h6-13,19,22H,14H2,1-5H3. The summed E-state index contributed by atoms with van der Waals surface area (Å²) in [7, 11) is -2.24. The predicted molar refractivity (Wildman–Crippen MR) is 108 cm³/mol. The monoisotopic (exact) mass is 405 g/mol. The van der Waals surface area contributed by atoms with Crippen molar-refractivity contribution in [3.05, 3.63) is 59.7 Å². The molecule has 0 aliphatic carbocycles. The highest BCUT2D eigenvalue weighted by atomic mass is 32.2. The van der Waals surface area contributed by atoms with Gasteiger partial charge >= 0.3 is 5.97 Å². The predicted octanol–water partition coefficient (Wildman–Crippen LogP) is 3.61. The number of rotatable bonds is 7. The SMILES string of the molecule is COc1ccc(C(COC(=O)C(C)(C)C)NS(=O)(=O)c2ccc(C)cc2)cc1. The molecule has 0 spiro atoms. The summed E-state index contributed by atoms with van der Waals surface area (Å²) in [6, 6.07) is 12.8. The van der Waals surface area contributed by atoms with Gasteiger partial charge in [-0.3, -0.25) is 4.79 Å². The lowest BCUT2D eigenvalue weighted by Crippen LogP contribution is -2.34. The Balaban J connectivity index is 2.28. The summed E-state index contributed by atoms with van der Waals surface area (Å²) in [5.74, 6) is 0.246. The smallest absolute Gasteiger partial charge is 0.311 e. The molecule has 2 aromatic carbocycles. The van der Waals surface area contributed by atoms with Crippen LogP contribution in [0.25, 0.3) is 0 Å². The van der Waals surface area contributed by atoms with Gasteiger partial charge in [-0.25, -0.2) is 13.1 Å². The zero-order valence-corrected chi connectivity index (χ0v) is 17.7. The van der Waals surface area contributed by atoms with Gasteiger partial charge in [0, 0.05) is 0 Å². The first-order chi connectivity index (χ1) is 13.0. The molecule has 0 fully saturated rings. The lowest BCUT2D eigenvalue weighted by molar-refractivity contribution is -0.153. The molecule has 0 radical (unpaired) electrons. The van der Waals surface area contributed by atoms with E-state index >= 15 is 0 Å². The van der Waals surface area contributed by atoms with E-state index in [4.69, 9.17) is 9.47 Å². The van der Waals surface area contributed by atoms with Crippen LogP contribution in [0.15, 0.2) is 53.4 Å². The molecule has 7 heteroatoms. The van der Waals surface area contributed by atoms with E-state index in [0.29, 0.717) is 11.3 Å². The Kier molecular flexibility index (Phi) is 6.85. The number of hydrogen-bond donors (Lipinski definition) is 1. The number of benzene rings is 2. The van der Waals surface area contributed by atoms with Crippen molar-refractivity contribution in [2.24, 2.45) is 5.41 Å². The first-order valence-corrected chi connectivity index (χ1v) is 10.4. The molecule has 0 saturated heterocycles. The Morgan fingerprint density at radius 3 is 2.11 bits per heavy atom. The molecule has 0 aliphatic heterocycles. The van der Waals surface area contributed by atoms with E-state index in [2.05, 4.69) is 4.72 Å². The van der Waals surface area contributed by atoms with E-state index in [1.807, 2.05) is 6.92 Å². The summed E-state index contributed by atoms with van der Waals surface area (Å²) in [6.45, 7) is 7.00. The second kappa shape index (κ2) is 8.75. The maximum atomic E-state index is 12.8.